The Hall–Kier alpha value is -1.78. The highest BCUT2D eigenvalue weighted by Crippen LogP contribution is 2.26. The van der Waals surface area contributed by atoms with Crippen LogP contribution in [0.15, 0.2) is 59.5 Å². The average Bonchev–Trinajstić information content (AvgIpc) is 3.12. The number of carbonyl (C=O) groups excluding carboxylic acids is 1. The van der Waals surface area contributed by atoms with Gasteiger partial charge in [-0.2, -0.15) is 0 Å². The molecule has 0 spiro atoms. The van der Waals surface area contributed by atoms with Gasteiger partial charge in [0.1, 0.15) is 0 Å². The summed E-state index contributed by atoms with van der Waals surface area (Å²) in [5, 5.41) is 3.00. The first-order chi connectivity index (χ1) is 11.3. The molecule has 1 fully saturated rings. The molecule has 1 N–H and O–H groups in total. The highest BCUT2D eigenvalue weighted by molar-refractivity contribution is 7.98. The highest BCUT2D eigenvalue weighted by atomic mass is 32.2. The molecule has 3 rings (SSSR count). The molecule has 1 atom stereocenters. The van der Waals surface area contributed by atoms with E-state index < -0.39 is 0 Å². The number of hydrogen-bond acceptors (Lipinski definition) is 3. The maximum Gasteiger partial charge on any atom is 0.252 e. The van der Waals surface area contributed by atoms with Gasteiger partial charge < -0.3 is 10.1 Å². The Balaban J connectivity index is 1.61. The van der Waals surface area contributed by atoms with Crippen LogP contribution in [0.2, 0.25) is 0 Å². The zero-order valence-corrected chi connectivity index (χ0v) is 13.9. The van der Waals surface area contributed by atoms with Crippen LogP contribution < -0.4 is 5.32 Å². The van der Waals surface area contributed by atoms with E-state index in [1.165, 1.54) is 5.56 Å². The van der Waals surface area contributed by atoms with Crippen LogP contribution in [0.4, 0.5) is 0 Å². The van der Waals surface area contributed by atoms with Gasteiger partial charge in [-0.05, 0) is 30.5 Å². The number of amides is 1. The SMILES string of the molecule is O=C(NC[C@H]1CCCO1)c1ccccc1SCc1ccccc1. The first kappa shape index (κ1) is 16.1. The van der Waals surface area contributed by atoms with Gasteiger partial charge in [0.15, 0.2) is 0 Å². The van der Waals surface area contributed by atoms with Gasteiger partial charge in [0.05, 0.1) is 11.7 Å². The lowest BCUT2D eigenvalue weighted by Gasteiger charge is -2.13. The van der Waals surface area contributed by atoms with E-state index in [0.717, 1.165) is 35.7 Å². The van der Waals surface area contributed by atoms with Crippen molar-refractivity contribution in [3.8, 4) is 0 Å². The Morgan fingerprint density at radius 2 is 1.91 bits per heavy atom. The molecule has 23 heavy (non-hydrogen) atoms. The fraction of sp³-hybridized carbons (Fsp3) is 0.316. The van der Waals surface area contributed by atoms with Crippen LogP contribution in [-0.2, 0) is 10.5 Å². The first-order valence-electron chi connectivity index (χ1n) is 7.98. The first-order valence-corrected chi connectivity index (χ1v) is 8.97. The molecule has 0 unspecified atom stereocenters. The average molecular weight is 327 g/mol. The van der Waals surface area contributed by atoms with Crippen molar-refractivity contribution in [2.75, 3.05) is 13.2 Å². The number of benzene rings is 2. The van der Waals surface area contributed by atoms with Gasteiger partial charge in [0.25, 0.3) is 5.91 Å². The van der Waals surface area contributed by atoms with Crippen LogP contribution >= 0.6 is 11.8 Å². The van der Waals surface area contributed by atoms with Crippen molar-refractivity contribution >= 4 is 17.7 Å². The molecule has 0 aromatic heterocycles. The Bertz CT molecular complexity index is 639. The normalized spacial score (nSPS) is 17.1. The minimum Gasteiger partial charge on any atom is -0.376 e. The maximum atomic E-state index is 12.5. The third-order valence-corrected chi connectivity index (χ3v) is 5.03. The van der Waals surface area contributed by atoms with Gasteiger partial charge in [0, 0.05) is 23.8 Å². The number of thioether (sulfide) groups is 1. The molecule has 0 saturated carbocycles. The summed E-state index contributed by atoms with van der Waals surface area (Å²) in [4.78, 5) is 13.5. The molecule has 0 aliphatic carbocycles. The van der Waals surface area contributed by atoms with Crippen LogP contribution in [0.1, 0.15) is 28.8 Å². The second-order valence-corrected chi connectivity index (χ2v) is 6.63. The van der Waals surface area contributed by atoms with E-state index >= 15 is 0 Å². The fourth-order valence-electron chi connectivity index (χ4n) is 2.62. The summed E-state index contributed by atoms with van der Waals surface area (Å²) in [5.74, 6) is 0.841. The van der Waals surface area contributed by atoms with E-state index in [0.29, 0.717) is 6.54 Å². The Morgan fingerprint density at radius 1 is 1.13 bits per heavy atom. The minimum absolute atomic E-state index is 0.0170. The molecule has 4 heteroatoms. The summed E-state index contributed by atoms with van der Waals surface area (Å²) in [6, 6.07) is 18.1. The summed E-state index contributed by atoms with van der Waals surface area (Å²) in [6.45, 7) is 1.40. The molecule has 2 aromatic carbocycles. The molecule has 0 radical (unpaired) electrons. The Kier molecular flexibility index (Phi) is 5.72. The van der Waals surface area contributed by atoms with Crippen molar-refractivity contribution in [3.63, 3.8) is 0 Å². The molecule has 1 aliphatic rings. The monoisotopic (exact) mass is 327 g/mol. The standard InChI is InChI=1S/C19H21NO2S/c21-19(20-13-16-9-6-12-22-16)17-10-4-5-11-18(17)23-14-15-7-2-1-3-8-15/h1-5,7-8,10-11,16H,6,9,12-14H2,(H,20,21)/t16-/m1/s1. The van der Waals surface area contributed by atoms with E-state index in [4.69, 9.17) is 4.74 Å². The van der Waals surface area contributed by atoms with E-state index in [9.17, 15) is 4.79 Å². The number of ether oxygens (including phenoxy) is 1. The second-order valence-electron chi connectivity index (χ2n) is 5.62. The number of nitrogens with one attached hydrogen (secondary N) is 1. The minimum atomic E-state index is -0.0170. The fourth-order valence-corrected chi connectivity index (χ4v) is 3.63. The summed E-state index contributed by atoms with van der Waals surface area (Å²) >= 11 is 1.69. The van der Waals surface area contributed by atoms with E-state index in [-0.39, 0.29) is 12.0 Å². The predicted octanol–water partition coefficient (Wildman–Crippen LogP) is 3.89. The smallest absolute Gasteiger partial charge is 0.252 e. The molecule has 120 valence electrons. The van der Waals surface area contributed by atoms with Crippen molar-refractivity contribution in [1.82, 2.24) is 5.32 Å². The van der Waals surface area contributed by atoms with Crippen molar-refractivity contribution in [2.24, 2.45) is 0 Å². The maximum absolute atomic E-state index is 12.5. The van der Waals surface area contributed by atoms with Crippen LogP contribution in [-0.4, -0.2) is 25.2 Å². The van der Waals surface area contributed by atoms with Gasteiger partial charge >= 0.3 is 0 Å². The lowest BCUT2D eigenvalue weighted by molar-refractivity contribution is 0.0855. The van der Waals surface area contributed by atoms with Crippen molar-refractivity contribution < 1.29 is 9.53 Å². The zero-order valence-electron chi connectivity index (χ0n) is 13.0. The summed E-state index contributed by atoms with van der Waals surface area (Å²) < 4.78 is 5.55. The quantitative estimate of drug-likeness (QED) is 0.818. The largest absolute Gasteiger partial charge is 0.376 e. The predicted molar refractivity (Wildman–Crippen MR) is 93.8 cm³/mol. The third-order valence-electron chi connectivity index (χ3n) is 3.88. The molecular weight excluding hydrogens is 306 g/mol. The highest BCUT2D eigenvalue weighted by Gasteiger charge is 2.17. The Morgan fingerprint density at radius 3 is 2.70 bits per heavy atom. The molecular formula is C19H21NO2S. The number of hydrogen-bond donors (Lipinski definition) is 1. The van der Waals surface area contributed by atoms with Gasteiger partial charge in [0.2, 0.25) is 0 Å². The molecule has 3 nitrogen and oxygen atoms in total. The van der Waals surface area contributed by atoms with Gasteiger partial charge in [-0.15, -0.1) is 11.8 Å². The van der Waals surface area contributed by atoms with E-state index in [1.54, 1.807) is 11.8 Å². The summed E-state index contributed by atoms with van der Waals surface area (Å²) in [6.07, 6.45) is 2.29. The van der Waals surface area contributed by atoms with E-state index in [1.807, 2.05) is 42.5 Å². The van der Waals surface area contributed by atoms with Crippen molar-refractivity contribution in [1.29, 1.82) is 0 Å². The zero-order chi connectivity index (χ0) is 15.9. The van der Waals surface area contributed by atoms with Crippen LogP contribution in [0.25, 0.3) is 0 Å². The lowest BCUT2D eigenvalue weighted by atomic mass is 10.2. The molecule has 1 amide bonds. The Labute approximate surface area is 141 Å². The topological polar surface area (TPSA) is 38.3 Å². The van der Waals surface area contributed by atoms with Crippen LogP contribution in [0, 0.1) is 0 Å². The molecule has 1 heterocycles. The van der Waals surface area contributed by atoms with Crippen LogP contribution in [0.3, 0.4) is 0 Å². The summed E-state index contributed by atoms with van der Waals surface area (Å²) in [7, 11) is 0. The molecule has 0 bridgehead atoms. The van der Waals surface area contributed by atoms with Crippen LogP contribution in [0.5, 0.6) is 0 Å². The van der Waals surface area contributed by atoms with E-state index in [2.05, 4.69) is 17.4 Å². The number of carbonyl (C=O) groups is 1. The molecule has 1 aliphatic heterocycles. The van der Waals surface area contributed by atoms with Gasteiger partial charge in [-0.3, -0.25) is 4.79 Å². The van der Waals surface area contributed by atoms with Gasteiger partial charge in [-0.1, -0.05) is 42.5 Å². The third kappa shape index (κ3) is 4.60. The molecule has 1 saturated heterocycles. The van der Waals surface area contributed by atoms with Crippen molar-refractivity contribution in [3.05, 3.63) is 65.7 Å². The van der Waals surface area contributed by atoms with Crippen molar-refractivity contribution in [2.45, 2.75) is 29.6 Å². The number of rotatable bonds is 6. The lowest BCUT2D eigenvalue weighted by Crippen LogP contribution is -2.32. The second kappa shape index (κ2) is 8.18. The summed E-state index contributed by atoms with van der Waals surface area (Å²) in [5.41, 5.74) is 2.00. The van der Waals surface area contributed by atoms with Gasteiger partial charge in [-0.25, -0.2) is 0 Å². The molecule has 2 aromatic rings.